The summed E-state index contributed by atoms with van der Waals surface area (Å²) < 4.78 is 5.09. The molecule has 0 spiro atoms. The van der Waals surface area contributed by atoms with Crippen molar-refractivity contribution in [2.24, 2.45) is 5.41 Å². The zero-order valence-electron chi connectivity index (χ0n) is 10.2. The average molecular weight is 218 g/mol. The summed E-state index contributed by atoms with van der Waals surface area (Å²) in [6, 6.07) is 6.17. The molecule has 0 saturated heterocycles. The van der Waals surface area contributed by atoms with Gasteiger partial charge in [-0.25, -0.2) is 0 Å². The number of hydrogen-bond donors (Lipinski definition) is 0. The third-order valence-corrected chi connectivity index (χ3v) is 3.50. The lowest BCUT2D eigenvalue weighted by Crippen LogP contribution is -2.25. The van der Waals surface area contributed by atoms with Gasteiger partial charge in [0.1, 0.15) is 0 Å². The predicted octanol–water partition coefficient (Wildman–Crippen LogP) is 2.78. The Morgan fingerprint density at radius 1 is 1.44 bits per heavy atom. The summed E-state index contributed by atoms with van der Waals surface area (Å²) in [5, 5.41) is 0. The molecule has 2 nitrogen and oxygen atoms in total. The summed E-state index contributed by atoms with van der Waals surface area (Å²) in [5.74, 6) is 0.281. The Kier molecular flexibility index (Phi) is 2.85. The van der Waals surface area contributed by atoms with Crippen LogP contribution in [-0.2, 0) is 11.2 Å². The highest BCUT2D eigenvalue weighted by Gasteiger charge is 2.40. The van der Waals surface area contributed by atoms with Crippen LogP contribution in [0.4, 0.5) is 0 Å². The molecule has 0 aliphatic heterocycles. The van der Waals surface area contributed by atoms with Crippen molar-refractivity contribution in [2.75, 3.05) is 13.7 Å². The van der Waals surface area contributed by atoms with Crippen molar-refractivity contribution in [2.45, 2.75) is 26.7 Å². The van der Waals surface area contributed by atoms with Gasteiger partial charge in [0.25, 0.3) is 0 Å². The molecule has 86 valence electrons. The van der Waals surface area contributed by atoms with Gasteiger partial charge in [-0.05, 0) is 31.4 Å². The molecule has 2 rings (SSSR count). The van der Waals surface area contributed by atoms with Crippen molar-refractivity contribution >= 4 is 5.78 Å². The summed E-state index contributed by atoms with van der Waals surface area (Å²) in [6.07, 6.45) is 1.65. The van der Waals surface area contributed by atoms with E-state index in [9.17, 15) is 4.79 Å². The molecule has 0 bridgehead atoms. The first-order valence-corrected chi connectivity index (χ1v) is 5.70. The fourth-order valence-corrected chi connectivity index (χ4v) is 2.41. The molecule has 0 amide bonds. The maximum Gasteiger partial charge on any atom is 0.169 e. The Hall–Kier alpha value is -1.15. The Balaban J connectivity index is 2.30. The number of hydrogen-bond acceptors (Lipinski definition) is 2. The Bertz CT molecular complexity index is 423. The zero-order valence-corrected chi connectivity index (χ0v) is 10.2. The highest BCUT2D eigenvalue weighted by Crippen LogP contribution is 2.39. The van der Waals surface area contributed by atoms with Gasteiger partial charge in [0.05, 0.1) is 0 Å². The number of carbonyl (C=O) groups is 1. The van der Waals surface area contributed by atoms with Gasteiger partial charge in [0.2, 0.25) is 0 Å². The van der Waals surface area contributed by atoms with Crippen molar-refractivity contribution in [3.63, 3.8) is 0 Å². The Morgan fingerprint density at radius 3 is 2.88 bits per heavy atom. The number of benzene rings is 1. The van der Waals surface area contributed by atoms with Crippen LogP contribution in [0, 0.1) is 12.3 Å². The summed E-state index contributed by atoms with van der Waals surface area (Å²) >= 11 is 0. The number of carbonyl (C=O) groups excluding carboxylic acids is 1. The van der Waals surface area contributed by atoms with Crippen molar-refractivity contribution in [3.05, 3.63) is 34.9 Å². The van der Waals surface area contributed by atoms with E-state index in [0.29, 0.717) is 6.61 Å². The van der Waals surface area contributed by atoms with Gasteiger partial charge in [0, 0.05) is 24.7 Å². The Labute approximate surface area is 96.6 Å². The zero-order chi connectivity index (χ0) is 11.8. The van der Waals surface area contributed by atoms with Crippen LogP contribution in [0.1, 0.15) is 34.8 Å². The van der Waals surface area contributed by atoms with Crippen LogP contribution >= 0.6 is 0 Å². The third kappa shape index (κ3) is 1.78. The SMILES string of the molecule is COCCC1(C)Cc2ccc(C)cc2C1=O. The van der Waals surface area contributed by atoms with Crippen LogP contribution in [-0.4, -0.2) is 19.5 Å². The van der Waals surface area contributed by atoms with E-state index in [4.69, 9.17) is 4.74 Å². The van der Waals surface area contributed by atoms with E-state index < -0.39 is 0 Å². The first-order chi connectivity index (χ1) is 7.57. The molecule has 1 aliphatic rings. The average Bonchev–Trinajstić information content (AvgIpc) is 2.50. The number of rotatable bonds is 3. The number of ether oxygens (including phenoxy) is 1. The maximum absolute atomic E-state index is 12.3. The van der Waals surface area contributed by atoms with Gasteiger partial charge in [-0.2, -0.15) is 0 Å². The summed E-state index contributed by atoms with van der Waals surface area (Å²) in [4.78, 5) is 12.3. The molecule has 1 aromatic carbocycles. The topological polar surface area (TPSA) is 26.3 Å². The molecule has 1 unspecified atom stereocenters. The van der Waals surface area contributed by atoms with E-state index in [-0.39, 0.29) is 11.2 Å². The second kappa shape index (κ2) is 4.02. The minimum Gasteiger partial charge on any atom is -0.385 e. The number of ketones is 1. The number of aryl methyl sites for hydroxylation is 1. The van der Waals surface area contributed by atoms with Crippen molar-refractivity contribution < 1.29 is 9.53 Å². The maximum atomic E-state index is 12.3. The van der Waals surface area contributed by atoms with E-state index in [1.54, 1.807) is 7.11 Å². The molecular weight excluding hydrogens is 200 g/mol. The minimum absolute atomic E-state index is 0.258. The molecular formula is C14H18O2. The van der Waals surface area contributed by atoms with Crippen molar-refractivity contribution in [3.8, 4) is 0 Å². The van der Waals surface area contributed by atoms with Gasteiger partial charge in [-0.3, -0.25) is 4.79 Å². The lowest BCUT2D eigenvalue weighted by molar-refractivity contribution is 0.0767. The third-order valence-electron chi connectivity index (χ3n) is 3.50. The first-order valence-electron chi connectivity index (χ1n) is 5.70. The standard InChI is InChI=1S/C14H18O2/c1-10-4-5-11-9-14(2,6-7-16-3)13(15)12(11)8-10/h4-5,8H,6-7,9H2,1-3H3. The van der Waals surface area contributed by atoms with Crippen LogP contribution in [0.15, 0.2) is 18.2 Å². The molecule has 1 aromatic rings. The second-order valence-electron chi connectivity index (χ2n) is 4.97. The second-order valence-corrected chi connectivity index (χ2v) is 4.97. The predicted molar refractivity (Wildman–Crippen MR) is 63.8 cm³/mol. The highest BCUT2D eigenvalue weighted by atomic mass is 16.5. The highest BCUT2D eigenvalue weighted by molar-refractivity contribution is 6.04. The molecule has 0 fully saturated rings. The van der Waals surface area contributed by atoms with Crippen molar-refractivity contribution in [1.29, 1.82) is 0 Å². The van der Waals surface area contributed by atoms with Gasteiger partial charge < -0.3 is 4.74 Å². The van der Waals surface area contributed by atoms with E-state index in [1.165, 1.54) is 5.56 Å². The van der Waals surface area contributed by atoms with Gasteiger partial charge in [-0.1, -0.05) is 24.6 Å². The summed E-state index contributed by atoms with van der Waals surface area (Å²) in [6.45, 7) is 4.72. The molecule has 0 heterocycles. The summed E-state index contributed by atoms with van der Waals surface area (Å²) in [5.41, 5.74) is 3.00. The van der Waals surface area contributed by atoms with Crippen LogP contribution < -0.4 is 0 Å². The number of Topliss-reactive ketones (excluding diaryl/α,β-unsaturated/α-hetero) is 1. The fraction of sp³-hybridized carbons (Fsp3) is 0.500. The van der Waals surface area contributed by atoms with Crippen LogP contribution in [0.3, 0.4) is 0 Å². The molecule has 0 N–H and O–H groups in total. The van der Waals surface area contributed by atoms with E-state index in [0.717, 1.165) is 24.0 Å². The monoisotopic (exact) mass is 218 g/mol. The van der Waals surface area contributed by atoms with E-state index >= 15 is 0 Å². The molecule has 1 atom stereocenters. The van der Waals surface area contributed by atoms with Crippen LogP contribution in [0.25, 0.3) is 0 Å². The number of methoxy groups -OCH3 is 1. The molecule has 0 aromatic heterocycles. The molecule has 0 radical (unpaired) electrons. The normalized spacial score (nSPS) is 23.6. The van der Waals surface area contributed by atoms with Gasteiger partial charge in [0.15, 0.2) is 5.78 Å². The Morgan fingerprint density at radius 2 is 2.19 bits per heavy atom. The lowest BCUT2D eigenvalue weighted by atomic mass is 9.83. The minimum atomic E-state index is -0.258. The smallest absolute Gasteiger partial charge is 0.169 e. The lowest BCUT2D eigenvalue weighted by Gasteiger charge is -2.20. The van der Waals surface area contributed by atoms with Gasteiger partial charge in [-0.15, -0.1) is 0 Å². The van der Waals surface area contributed by atoms with Gasteiger partial charge >= 0.3 is 0 Å². The summed E-state index contributed by atoms with van der Waals surface area (Å²) in [7, 11) is 1.68. The quantitative estimate of drug-likeness (QED) is 0.779. The molecule has 16 heavy (non-hydrogen) atoms. The molecule has 2 heteroatoms. The van der Waals surface area contributed by atoms with Crippen LogP contribution in [0.2, 0.25) is 0 Å². The van der Waals surface area contributed by atoms with Crippen molar-refractivity contribution in [1.82, 2.24) is 0 Å². The van der Waals surface area contributed by atoms with Crippen LogP contribution in [0.5, 0.6) is 0 Å². The molecule has 0 saturated carbocycles. The number of fused-ring (bicyclic) bond motifs is 1. The largest absolute Gasteiger partial charge is 0.385 e. The molecule has 1 aliphatic carbocycles. The first kappa shape index (κ1) is 11.3. The van der Waals surface area contributed by atoms with E-state index in [2.05, 4.69) is 12.1 Å². The fourth-order valence-electron chi connectivity index (χ4n) is 2.41. The van der Waals surface area contributed by atoms with E-state index in [1.807, 2.05) is 19.9 Å².